The maximum absolute atomic E-state index is 13.1. The van der Waals surface area contributed by atoms with E-state index in [2.05, 4.69) is 31.9 Å². The molecule has 6 heteroatoms. The van der Waals surface area contributed by atoms with E-state index in [9.17, 15) is 8.42 Å². The molecule has 0 aromatic heterocycles. The van der Waals surface area contributed by atoms with E-state index < -0.39 is 10.0 Å². The standard InChI is InChI=1S/C17H15Br2NO2S/c1-12-7-9-14(10-8-12)23(21,22)20-16(11-15(18)17(20)19)13-5-3-2-4-6-13/h2-10,16H,11H2,1H3. The molecule has 0 aliphatic carbocycles. The van der Waals surface area contributed by atoms with E-state index in [1.165, 1.54) is 4.31 Å². The van der Waals surface area contributed by atoms with E-state index in [0.717, 1.165) is 15.6 Å². The van der Waals surface area contributed by atoms with Gasteiger partial charge >= 0.3 is 0 Å². The molecule has 2 aromatic carbocycles. The molecule has 0 saturated heterocycles. The second-order valence-corrected chi connectivity index (χ2v) is 8.96. The van der Waals surface area contributed by atoms with Crippen molar-refractivity contribution in [2.45, 2.75) is 24.3 Å². The van der Waals surface area contributed by atoms with Crippen LogP contribution in [0.25, 0.3) is 0 Å². The average Bonchev–Trinajstić information content (AvgIpc) is 2.85. The predicted molar refractivity (Wildman–Crippen MR) is 98.9 cm³/mol. The van der Waals surface area contributed by atoms with Crippen LogP contribution in [0, 0.1) is 6.92 Å². The number of rotatable bonds is 3. The second-order valence-electron chi connectivity index (χ2n) is 5.44. The average molecular weight is 457 g/mol. The molecular weight excluding hydrogens is 442 g/mol. The van der Waals surface area contributed by atoms with Crippen LogP contribution in [-0.2, 0) is 10.0 Å². The van der Waals surface area contributed by atoms with Gasteiger partial charge in [0.15, 0.2) is 0 Å². The summed E-state index contributed by atoms with van der Waals surface area (Å²) in [6.45, 7) is 1.94. The van der Waals surface area contributed by atoms with Gasteiger partial charge in [-0.1, -0.05) is 64.0 Å². The van der Waals surface area contributed by atoms with Gasteiger partial charge in [0, 0.05) is 10.9 Å². The van der Waals surface area contributed by atoms with Crippen molar-refractivity contribution < 1.29 is 8.42 Å². The Morgan fingerprint density at radius 3 is 2.22 bits per heavy atom. The Bertz CT molecular complexity index is 846. The smallest absolute Gasteiger partial charge is 0.251 e. The first-order valence-corrected chi connectivity index (χ1v) is 10.1. The number of aryl methyl sites for hydroxylation is 1. The van der Waals surface area contributed by atoms with Gasteiger partial charge in [0.05, 0.1) is 10.9 Å². The number of benzene rings is 2. The molecule has 1 heterocycles. The van der Waals surface area contributed by atoms with Gasteiger partial charge in [0.2, 0.25) is 0 Å². The summed E-state index contributed by atoms with van der Waals surface area (Å²) >= 11 is 6.92. The maximum atomic E-state index is 13.1. The molecule has 0 spiro atoms. The largest absolute Gasteiger partial charge is 0.265 e. The van der Waals surface area contributed by atoms with E-state index >= 15 is 0 Å². The fourth-order valence-electron chi connectivity index (χ4n) is 2.62. The molecule has 23 heavy (non-hydrogen) atoms. The summed E-state index contributed by atoms with van der Waals surface area (Å²) in [7, 11) is -3.64. The Hall–Kier alpha value is -1.11. The normalized spacial score (nSPS) is 18.6. The zero-order valence-electron chi connectivity index (χ0n) is 12.4. The monoisotopic (exact) mass is 455 g/mol. The van der Waals surface area contributed by atoms with Crippen LogP contribution in [0.3, 0.4) is 0 Å². The minimum Gasteiger partial charge on any atom is -0.251 e. The second kappa shape index (κ2) is 6.42. The molecule has 1 aliphatic heterocycles. The van der Waals surface area contributed by atoms with Crippen LogP contribution in [0.15, 0.2) is 68.6 Å². The van der Waals surface area contributed by atoms with Crippen molar-refractivity contribution in [1.29, 1.82) is 0 Å². The van der Waals surface area contributed by atoms with Gasteiger partial charge in [0.25, 0.3) is 10.0 Å². The molecule has 1 atom stereocenters. The Morgan fingerprint density at radius 2 is 1.61 bits per heavy atom. The molecule has 1 aliphatic rings. The van der Waals surface area contributed by atoms with Crippen LogP contribution < -0.4 is 0 Å². The van der Waals surface area contributed by atoms with Gasteiger partial charge in [-0.15, -0.1) is 0 Å². The first-order chi connectivity index (χ1) is 10.9. The lowest BCUT2D eigenvalue weighted by Gasteiger charge is -2.27. The molecule has 0 radical (unpaired) electrons. The van der Waals surface area contributed by atoms with E-state index in [1.807, 2.05) is 49.4 Å². The van der Waals surface area contributed by atoms with Gasteiger partial charge in [-0.05, 0) is 40.5 Å². The van der Waals surface area contributed by atoms with Gasteiger partial charge < -0.3 is 0 Å². The molecular formula is C17H15Br2NO2S. The summed E-state index contributed by atoms with van der Waals surface area (Å²) in [4.78, 5) is 0.295. The summed E-state index contributed by atoms with van der Waals surface area (Å²) in [5, 5.41) is 0. The van der Waals surface area contributed by atoms with Gasteiger partial charge in [-0.25, -0.2) is 8.42 Å². The van der Waals surface area contributed by atoms with Crippen molar-refractivity contribution >= 4 is 41.9 Å². The Balaban J connectivity index is 2.08. The highest BCUT2D eigenvalue weighted by atomic mass is 79.9. The van der Waals surface area contributed by atoms with Gasteiger partial charge in [-0.2, -0.15) is 0 Å². The Labute approximate surface area is 153 Å². The van der Waals surface area contributed by atoms with Crippen molar-refractivity contribution in [1.82, 2.24) is 4.31 Å². The lowest BCUT2D eigenvalue weighted by Crippen LogP contribution is -2.29. The van der Waals surface area contributed by atoms with E-state index in [4.69, 9.17) is 0 Å². The summed E-state index contributed by atoms with van der Waals surface area (Å²) in [6.07, 6.45) is 0.607. The van der Waals surface area contributed by atoms with Crippen molar-refractivity contribution in [3.63, 3.8) is 0 Å². The molecule has 0 fully saturated rings. The molecule has 3 rings (SSSR count). The third kappa shape index (κ3) is 3.12. The topological polar surface area (TPSA) is 37.4 Å². The van der Waals surface area contributed by atoms with Crippen LogP contribution in [0.4, 0.5) is 0 Å². The maximum Gasteiger partial charge on any atom is 0.265 e. The minimum absolute atomic E-state index is 0.258. The van der Waals surface area contributed by atoms with E-state index in [0.29, 0.717) is 15.9 Å². The highest BCUT2D eigenvalue weighted by Gasteiger charge is 2.39. The minimum atomic E-state index is -3.64. The Kier molecular flexibility index (Phi) is 4.67. The quantitative estimate of drug-likeness (QED) is 0.603. The number of sulfonamides is 1. The molecule has 0 saturated carbocycles. The molecule has 0 bridgehead atoms. The summed E-state index contributed by atoms with van der Waals surface area (Å²) in [5.41, 5.74) is 2.00. The summed E-state index contributed by atoms with van der Waals surface area (Å²) in [6, 6.07) is 16.3. The van der Waals surface area contributed by atoms with Gasteiger partial charge in [-0.3, -0.25) is 4.31 Å². The van der Waals surface area contributed by atoms with Crippen molar-refractivity contribution in [3.8, 4) is 0 Å². The highest BCUT2D eigenvalue weighted by Crippen LogP contribution is 2.47. The summed E-state index contributed by atoms with van der Waals surface area (Å²) < 4.78 is 29.1. The van der Waals surface area contributed by atoms with Crippen LogP contribution in [0.5, 0.6) is 0 Å². The van der Waals surface area contributed by atoms with Crippen LogP contribution in [-0.4, -0.2) is 12.7 Å². The highest BCUT2D eigenvalue weighted by molar-refractivity contribution is 9.14. The Morgan fingerprint density at radius 1 is 1.00 bits per heavy atom. The van der Waals surface area contributed by atoms with Crippen molar-refractivity contribution in [3.05, 3.63) is 74.8 Å². The lowest BCUT2D eigenvalue weighted by atomic mass is 10.1. The molecule has 1 unspecified atom stereocenters. The third-order valence-electron chi connectivity index (χ3n) is 3.84. The lowest BCUT2D eigenvalue weighted by molar-refractivity contribution is 0.430. The molecule has 2 aromatic rings. The fourth-order valence-corrected chi connectivity index (χ4v) is 5.77. The zero-order valence-corrected chi connectivity index (χ0v) is 16.4. The first-order valence-electron chi connectivity index (χ1n) is 7.11. The number of hydrogen-bond donors (Lipinski definition) is 0. The third-order valence-corrected chi connectivity index (χ3v) is 7.98. The van der Waals surface area contributed by atoms with Crippen molar-refractivity contribution in [2.75, 3.05) is 0 Å². The molecule has 120 valence electrons. The van der Waals surface area contributed by atoms with E-state index in [1.54, 1.807) is 12.1 Å². The predicted octanol–water partition coefficient (Wildman–Crippen LogP) is 5.09. The first kappa shape index (κ1) is 16.7. The molecule has 0 N–H and O–H groups in total. The van der Waals surface area contributed by atoms with E-state index in [-0.39, 0.29) is 6.04 Å². The van der Waals surface area contributed by atoms with Crippen LogP contribution >= 0.6 is 31.9 Å². The number of nitrogens with zero attached hydrogens (tertiary/aromatic N) is 1. The number of halogens is 2. The SMILES string of the molecule is Cc1ccc(S(=O)(=O)N2C(Br)=C(Br)CC2c2ccccc2)cc1. The number of hydrogen-bond acceptors (Lipinski definition) is 2. The zero-order chi connectivity index (χ0) is 16.6. The molecule has 3 nitrogen and oxygen atoms in total. The van der Waals surface area contributed by atoms with Crippen molar-refractivity contribution in [2.24, 2.45) is 0 Å². The fraction of sp³-hybridized carbons (Fsp3) is 0.176. The van der Waals surface area contributed by atoms with Gasteiger partial charge in [0.1, 0.15) is 4.61 Å². The van der Waals surface area contributed by atoms with Crippen LogP contribution in [0.2, 0.25) is 0 Å². The van der Waals surface area contributed by atoms with Crippen LogP contribution in [0.1, 0.15) is 23.6 Å². The summed E-state index contributed by atoms with van der Waals surface area (Å²) in [5.74, 6) is 0. The molecule has 0 amide bonds.